The number of rotatable bonds is 6. The second-order valence-electron chi connectivity index (χ2n) is 7.10. The molecule has 2 aliphatic rings. The standard InChI is InChI=1S/C19H23FN4O2/c1-2-24-18-15(8-22-24)9-23(10-16(18)12-26-11-13-3-4-13)19(25)14-5-6-21-17(20)7-14/h5-8,13,16H,2-4,9-12H2,1H3. The topological polar surface area (TPSA) is 60.2 Å². The number of nitrogens with zero attached hydrogens (tertiary/aromatic N) is 4. The molecule has 6 nitrogen and oxygen atoms in total. The van der Waals surface area contributed by atoms with Gasteiger partial charge in [-0.05, 0) is 31.7 Å². The minimum absolute atomic E-state index is 0.0792. The van der Waals surface area contributed by atoms with E-state index < -0.39 is 5.95 Å². The van der Waals surface area contributed by atoms with Crippen molar-refractivity contribution in [1.82, 2.24) is 19.7 Å². The second-order valence-corrected chi connectivity index (χ2v) is 7.10. The molecule has 2 aromatic heterocycles. The van der Waals surface area contributed by atoms with E-state index in [1.165, 1.54) is 25.1 Å². The van der Waals surface area contributed by atoms with Gasteiger partial charge in [0.25, 0.3) is 5.91 Å². The number of aromatic nitrogens is 3. The van der Waals surface area contributed by atoms with Crippen molar-refractivity contribution in [2.75, 3.05) is 19.8 Å². The van der Waals surface area contributed by atoms with Crippen molar-refractivity contribution in [2.24, 2.45) is 5.92 Å². The Balaban J connectivity index is 1.54. The Morgan fingerprint density at radius 1 is 1.38 bits per heavy atom. The number of hydrogen-bond donors (Lipinski definition) is 0. The van der Waals surface area contributed by atoms with Gasteiger partial charge in [0.1, 0.15) is 0 Å². The van der Waals surface area contributed by atoms with Crippen LogP contribution < -0.4 is 0 Å². The SMILES string of the molecule is CCn1ncc2c1C(COCC1CC1)CN(C(=O)c1ccnc(F)c1)C2. The van der Waals surface area contributed by atoms with Gasteiger partial charge in [-0.2, -0.15) is 9.49 Å². The van der Waals surface area contributed by atoms with Crippen molar-refractivity contribution in [3.63, 3.8) is 0 Å². The number of pyridine rings is 1. The van der Waals surface area contributed by atoms with Gasteiger partial charge in [0.15, 0.2) is 0 Å². The third-order valence-corrected chi connectivity index (χ3v) is 5.08. The van der Waals surface area contributed by atoms with Crippen LogP contribution in [0.1, 0.15) is 47.3 Å². The highest BCUT2D eigenvalue weighted by atomic mass is 19.1. The number of hydrogen-bond acceptors (Lipinski definition) is 4. The van der Waals surface area contributed by atoms with Crippen LogP contribution in [-0.2, 0) is 17.8 Å². The Kier molecular flexibility index (Phi) is 4.72. The molecule has 0 bridgehead atoms. The van der Waals surface area contributed by atoms with E-state index in [9.17, 15) is 9.18 Å². The van der Waals surface area contributed by atoms with Crippen LogP contribution in [0.5, 0.6) is 0 Å². The van der Waals surface area contributed by atoms with Gasteiger partial charge in [-0.25, -0.2) is 4.98 Å². The molecule has 1 aliphatic carbocycles. The number of amides is 1. The average Bonchev–Trinajstić information content (AvgIpc) is 3.37. The van der Waals surface area contributed by atoms with E-state index in [2.05, 4.69) is 17.0 Å². The number of carbonyl (C=O) groups excluding carboxylic acids is 1. The summed E-state index contributed by atoms with van der Waals surface area (Å²) < 4.78 is 21.3. The number of carbonyl (C=O) groups is 1. The number of halogens is 1. The fourth-order valence-electron chi connectivity index (χ4n) is 3.57. The quantitative estimate of drug-likeness (QED) is 0.745. The summed E-state index contributed by atoms with van der Waals surface area (Å²) in [6, 6.07) is 2.74. The zero-order valence-corrected chi connectivity index (χ0v) is 14.9. The zero-order valence-electron chi connectivity index (χ0n) is 14.9. The Labute approximate surface area is 152 Å². The Morgan fingerprint density at radius 3 is 2.96 bits per heavy atom. The minimum Gasteiger partial charge on any atom is -0.380 e. The molecule has 1 unspecified atom stereocenters. The maximum atomic E-state index is 13.4. The van der Waals surface area contributed by atoms with Crippen molar-refractivity contribution in [1.29, 1.82) is 0 Å². The first kappa shape index (κ1) is 17.1. The van der Waals surface area contributed by atoms with Gasteiger partial charge in [0, 0.05) is 55.5 Å². The van der Waals surface area contributed by atoms with Crippen molar-refractivity contribution < 1.29 is 13.9 Å². The summed E-state index contributed by atoms with van der Waals surface area (Å²) in [5.41, 5.74) is 2.52. The summed E-state index contributed by atoms with van der Waals surface area (Å²) in [7, 11) is 0. The first-order valence-electron chi connectivity index (χ1n) is 9.18. The number of fused-ring (bicyclic) bond motifs is 1. The molecular formula is C19H23FN4O2. The second kappa shape index (κ2) is 7.15. The molecule has 0 N–H and O–H groups in total. The number of aryl methyl sites for hydroxylation is 1. The maximum absolute atomic E-state index is 13.4. The van der Waals surface area contributed by atoms with Crippen LogP contribution in [0.25, 0.3) is 0 Å². The molecule has 7 heteroatoms. The third kappa shape index (κ3) is 3.49. The van der Waals surface area contributed by atoms with Crippen LogP contribution in [0.4, 0.5) is 4.39 Å². The predicted octanol–water partition coefficient (Wildman–Crippen LogP) is 2.60. The lowest BCUT2D eigenvalue weighted by molar-refractivity contribution is 0.0619. The van der Waals surface area contributed by atoms with E-state index in [0.29, 0.717) is 31.2 Å². The van der Waals surface area contributed by atoms with Gasteiger partial charge >= 0.3 is 0 Å². The van der Waals surface area contributed by atoms with Crippen molar-refractivity contribution in [3.8, 4) is 0 Å². The van der Waals surface area contributed by atoms with Crippen LogP contribution in [0.3, 0.4) is 0 Å². The van der Waals surface area contributed by atoms with E-state index in [4.69, 9.17) is 4.74 Å². The summed E-state index contributed by atoms with van der Waals surface area (Å²) >= 11 is 0. The summed E-state index contributed by atoms with van der Waals surface area (Å²) in [6.45, 7) is 5.24. The normalized spacial score (nSPS) is 19.5. The molecule has 0 saturated heterocycles. The molecule has 1 aliphatic heterocycles. The van der Waals surface area contributed by atoms with Gasteiger partial charge in [-0.15, -0.1) is 0 Å². The van der Waals surface area contributed by atoms with Crippen LogP contribution in [0.15, 0.2) is 24.5 Å². The molecule has 3 heterocycles. The molecule has 0 radical (unpaired) electrons. The van der Waals surface area contributed by atoms with Gasteiger partial charge in [0.05, 0.1) is 18.5 Å². The molecule has 2 aromatic rings. The average molecular weight is 358 g/mol. The molecule has 1 fully saturated rings. The molecule has 1 atom stereocenters. The van der Waals surface area contributed by atoms with E-state index in [-0.39, 0.29) is 11.8 Å². The van der Waals surface area contributed by atoms with Gasteiger partial charge in [0.2, 0.25) is 5.95 Å². The summed E-state index contributed by atoms with van der Waals surface area (Å²) in [6.07, 6.45) is 5.66. The predicted molar refractivity (Wildman–Crippen MR) is 93.1 cm³/mol. The van der Waals surface area contributed by atoms with Gasteiger partial charge in [-0.3, -0.25) is 9.48 Å². The fourth-order valence-corrected chi connectivity index (χ4v) is 3.57. The Hall–Kier alpha value is -2.28. The molecular weight excluding hydrogens is 335 g/mol. The summed E-state index contributed by atoms with van der Waals surface area (Å²) in [4.78, 5) is 18.1. The van der Waals surface area contributed by atoms with Crippen molar-refractivity contribution >= 4 is 5.91 Å². The zero-order chi connectivity index (χ0) is 18.1. The van der Waals surface area contributed by atoms with Crippen LogP contribution in [0, 0.1) is 11.9 Å². The van der Waals surface area contributed by atoms with E-state index in [1.807, 2.05) is 10.9 Å². The molecule has 0 aromatic carbocycles. The Morgan fingerprint density at radius 2 is 2.23 bits per heavy atom. The molecule has 4 rings (SSSR count). The van der Waals surface area contributed by atoms with E-state index in [1.54, 1.807) is 11.0 Å². The molecule has 26 heavy (non-hydrogen) atoms. The van der Waals surface area contributed by atoms with E-state index >= 15 is 0 Å². The molecule has 1 saturated carbocycles. The van der Waals surface area contributed by atoms with Crippen LogP contribution >= 0.6 is 0 Å². The Bertz CT molecular complexity index is 803. The van der Waals surface area contributed by atoms with Gasteiger partial charge in [-0.1, -0.05) is 0 Å². The van der Waals surface area contributed by atoms with Crippen LogP contribution in [0.2, 0.25) is 0 Å². The monoisotopic (exact) mass is 358 g/mol. The summed E-state index contributed by atoms with van der Waals surface area (Å²) in [5.74, 6) is -0.0488. The van der Waals surface area contributed by atoms with Crippen molar-refractivity contribution in [2.45, 2.75) is 38.8 Å². The van der Waals surface area contributed by atoms with Gasteiger partial charge < -0.3 is 9.64 Å². The first-order valence-corrected chi connectivity index (χ1v) is 9.18. The highest BCUT2D eigenvalue weighted by Gasteiger charge is 2.32. The highest BCUT2D eigenvalue weighted by Crippen LogP contribution is 2.32. The lowest BCUT2D eigenvalue weighted by Gasteiger charge is -2.33. The number of ether oxygens (including phenoxy) is 1. The van der Waals surface area contributed by atoms with Crippen molar-refractivity contribution in [3.05, 3.63) is 47.3 Å². The molecule has 138 valence electrons. The van der Waals surface area contributed by atoms with E-state index in [0.717, 1.165) is 24.4 Å². The maximum Gasteiger partial charge on any atom is 0.254 e. The minimum atomic E-state index is -0.642. The highest BCUT2D eigenvalue weighted by molar-refractivity contribution is 5.94. The lowest BCUT2D eigenvalue weighted by Crippen LogP contribution is -2.40. The fraction of sp³-hybridized carbons (Fsp3) is 0.526. The first-order chi connectivity index (χ1) is 12.7. The summed E-state index contributed by atoms with van der Waals surface area (Å²) in [5, 5.41) is 4.46. The van der Waals surface area contributed by atoms with Crippen LogP contribution in [-0.4, -0.2) is 45.3 Å². The third-order valence-electron chi connectivity index (χ3n) is 5.08. The lowest BCUT2D eigenvalue weighted by atomic mass is 9.96. The smallest absolute Gasteiger partial charge is 0.254 e. The largest absolute Gasteiger partial charge is 0.380 e. The molecule has 0 spiro atoms. The molecule has 1 amide bonds.